The molecule has 0 aromatic heterocycles. The number of carboxylic acid groups (broad SMARTS) is 1. The highest BCUT2D eigenvalue weighted by atomic mass is 16.5. The van der Waals surface area contributed by atoms with Crippen molar-refractivity contribution in [2.75, 3.05) is 6.61 Å². The number of alkyl carbamates (subject to hydrolysis) is 1. The van der Waals surface area contributed by atoms with Crippen LogP contribution in [0.25, 0.3) is 11.1 Å². The van der Waals surface area contributed by atoms with E-state index < -0.39 is 29.6 Å². The topological polar surface area (TPSA) is 105 Å². The van der Waals surface area contributed by atoms with Gasteiger partial charge in [-0.05, 0) is 54.4 Å². The summed E-state index contributed by atoms with van der Waals surface area (Å²) >= 11 is 0. The molecule has 1 fully saturated rings. The maximum Gasteiger partial charge on any atom is 0.407 e. The van der Waals surface area contributed by atoms with Crippen molar-refractivity contribution in [2.45, 2.75) is 64.5 Å². The van der Waals surface area contributed by atoms with Crippen LogP contribution in [-0.2, 0) is 14.3 Å². The molecule has 4 rings (SSSR count). The average molecular weight is 479 g/mol. The number of carbonyl (C=O) groups is 3. The van der Waals surface area contributed by atoms with Gasteiger partial charge in [-0.25, -0.2) is 9.59 Å². The van der Waals surface area contributed by atoms with Crippen LogP contribution in [0, 0.1) is 11.3 Å². The van der Waals surface area contributed by atoms with Crippen LogP contribution < -0.4 is 10.6 Å². The molecule has 2 aromatic rings. The van der Waals surface area contributed by atoms with E-state index in [1.165, 1.54) is 0 Å². The van der Waals surface area contributed by atoms with Gasteiger partial charge in [0.05, 0.1) is 5.41 Å². The molecular weight excluding hydrogens is 444 g/mol. The summed E-state index contributed by atoms with van der Waals surface area (Å²) in [6.07, 6.45) is 1.76. The van der Waals surface area contributed by atoms with Crippen LogP contribution in [0.5, 0.6) is 0 Å². The second-order valence-electron chi connectivity index (χ2n) is 10.3. The Balaban J connectivity index is 1.40. The lowest BCUT2D eigenvalue weighted by Gasteiger charge is -2.32. The first-order valence-electron chi connectivity index (χ1n) is 12.4. The van der Waals surface area contributed by atoms with Crippen molar-refractivity contribution < 1.29 is 24.2 Å². The van der Waals surface area contributed by atoms with Crippen molar-refractivity contribution in [3.05, 3.63) is 59.7 Å². The standard InChI is InChI=1S/C28H34N2O5/c1-17(2)15-23(25(31)32)29-26(33)28(3)14-8-13-24(28)30-27(34)35-16-22-20-11-6-4-9-18(20)19-10-5-7-12-21(19)22/h4-7,9-12,17,22-24H,8,13-16H2,1-3H3,(H,29,33)(H,30,34)(H,31,32)/t23-,24?,28?/m0/s1. The van der Waals surface area contributed by atoms with Crippen molar-refractivity contribution in [2.24, 2.45) is 11.3 Å². The van der Waals surface area contributed by atoms with Gasteiger partial charge in [-0.3, -0.25) is 4.79 Å². The van der Waals surface area contributed by atoms with E-state index in [0.29, 0.717) is 19.3 Å². The van der Waals surface area contributed by atoms with E-state index in [0.717, 1.165) is 28.7 Å². The Kier molecular flexibility index (Phi) is 7.15. The zero-order valence-electron chi connectivity index (χ0n) is 20.5. The van der Waals surface area contributed by atoms with Crippen LogP contribution in [0.3, 0.4) is 0 Å². The summed E-state index contributed by atoms with van der Waals surface area (Å²) < 4.78 is 5.67. The molecular formula is C28H34N2O5. The Morgan fingerprint density at radius 1 is 1.06 bits per heavy atom. The summed E-state index contributed by atoms with van der Waals surface area (Å²) in [7, 11) is 0. The minimum atomic E-state index is -1.05. The zero-order chi connectivity index (χ0) is 25.2. The monoisotopic (exact) mass is 478 g/mol. The van der Waals surface area contributed by atoms with Gasteiger partial charge in [0.2, 0.25) is 5.91 Å². The Labute approximate surface area is 206 Å². The molecule has 0 aliphatic heterocycles. The number of amides is 2. The molecule has 1 saturated carbocycles. The minimum absolute atomic E-state index is 0.0428. The molecule has 0 bridgehead atoms. The van der Waals surface area contributed by atoms with Crippen molar-refractivity contribution in [1.82, 2.24) is 10.6 Å². The zero-order valence-corrected chi connectivity index (χ0v) is 20.5. The predicted molar refractivity (Wildman–Crippen MR) is 133 cm³/mol. The Morgan fingerprint density at radius 2 is 1.66 bits per heavy atom. The molecule has 2 aromatic carbocycles. The number of nitrogens with one attached hydrogen (secondary N) is 2. The van der Waals surface area contributed by atoms with Gasteiger partial charge in [-0.1, -0.05) is 68.8 Å². The third-order valence-corrected chi connectivity index (χ3v) is 7.42. The summed E-state index contributed by atoms with van der Waals surface area (Å²) in [4.78, 5) is 37.6. The quantitative estimate of drug-likeness (QED) is 0.510. The molecule has 2 amide bonds. The molecule has 7 nitrogen and oxygen atoms in total. The average Bonchev–Trinajstić information content (AvgIpc) is 3.35. The Morgan fingerprint density at radius 3 is 2.23 bits per heavy atom. The molecule has 3 N–H and O–H groups in total. The molecule has 186 valence electrons. The first-order chi connectivity index (χ1) is 16.7. The number of hydrogen-bond acceptors (Lipinski definition) is 4. The first-order valence-corrected chi connectivity index (χ1v) is 12.4. The first kappa shape index (κ1) is 24.8. The fourth-order valence-corrected chi connectivity index (χ4v) is 5.47. The van der Waals surface area contributed by atoms with Gasteiger partial charge in [0, 0.05) is 12.0 Å². The van der Waals surface area contributed by atoms with Gasteiger partial charge in [0.25, 0.3) is 0 Å². The lowest BCUT2D eigenvalue weighted by molar-refractivity contribution is -0.144. The molecule has 0 radical (unpaired) electrons. The second-order valence-corrected chi connectivity index (χ2v) is 10.3. The number of rotatable bonds is 8. The predicted octanol–water partition coefficient (Wildman–Crippen LogP) is 4.70. The normalized spacial score (nSPS) is 21.8. The second kappa shape index (κ2) is 10.1. The molecule has 0 spiro atoms. The molecule has 2 unspecified atom stereocenters. The number of ether oxygens (including phenoxy) is 1. The largest absolute Gasteiger partial charge is 0.480 e. The molecule has 7 heteroatoms. The Hall–Kier alpha value is -3.35. The molecule has 3 atom stereocenters. The van der Waals surface area contributed by atoms with E-state index >= 15 is 0 Å². The number of benzene rings is 2. The number of fused-ring (bicyclic) bond motifs is 3. The van der Waals surface area contributed by atoms with E-state index in [1.54, 1.807) is 6.92 Å². The third kappa shape index (κ3) is 5.04. The fourth-order valence-electron chi connectivity index (χ4n) is 5.47. The van der Waals surface area contributed by atoms with Gasteiger partial charge in [-0.15, -0.1) is 0 Å². The van der Waals surface area contributed by atoms with Crippen LogP contribution in [-0.4, -0.2) is 41.8 Å². The van der Waals surface area contributed by atoms with Crippen LogP contribution in [0.1, 0.15) is 63.5 Å². The highest BCUT2D eigenvalue weighted by Gasteiger charge is 2.47. The maximum atomic E-state index is 13.1. The van der Waals surface area contributed by atoms with Gasteiger partial charge < -0.3 is 20.5 Å². The lowest BCUT2D eigenvalue weighted by Crippen LogP contribution is -2.54. The molecule has 35 heavy (non-hydrogen) atoms. The van der Waals surface area contributed by atoms with E-state index in [1.807, 2.05) is 38.1 Å². The summed E-state index contributed by atoms with van der Waals surface area (Å²) in [6, 6.07) is 14.9. The molecule has 0 saturated heterocycles. The summed E-state index contributed by atoms with van der Waals surface area (Å²) in [5.41, 5.74) is 3.70. The highest BCUT2D eigenvalue weighted by Crippen LogP contribution is 2.44. The van der Waals surface area contributed by atoms with Crippen molar-refractivity contribution in [1.29, 1.82) is 0 Å². The third-order valence-electron chi connectivity index (χ3n) is 7.42. The Bertz CT molecular complexity index is 1070. The van der Waals surface area contributed by atoms with Gasteiger partial charge >= 0.3 is 12.1 Å². The molecule has 0 heterocycles. The van der Waals surface area contributed by atoms with Crippen LogP contribution >= 0.6 is 0 Å². The maximum absolute atomic E-state index is 13.1. The van der Waals surface area contributed by atoms with Crippen LogP contribution in [0.4, 0.5) is 4.79 Å². The fraction of sp³-hybridized carbons (Fsp3) is 0.464. The van der Waals surface area contributed by atoms with E-state index in [4.69, 9.17) is 4.74 Å². The number of carboxylic acids is 1. The number of hydrogen-bond donors (Lipinski definition) is 3. The van der Waals surface area contributed by atoms with E-state index in [-0.39, 0.29) is 24.3 Å². The lowest BCUT2D eigenvalue weighted by atomic mass is 9.83. The summed E-state index contributed by atoms with van der Waals surface area (Å²) in [5, 5.41) is 15.1. The van der Waals surface area contributed by atoms with E-state index in [9.17, 15) is 19.5 Å². The van der Waals surface area contributed by atoms with Crippen molar-refractivity contribution in [3.63, 3.8) is 0 Å². The van der Waals surface area contributed by atoms with Crippen LogP contribution in [0.2, 0.25) is 0 Å². The molecule has 2 aliphatic rings. The van der Waals surface area contributed by atoms with Crippen molar-refractivity contribution in [3.8, 4) is 11.1 Å². The SMILES string of the molecule is CC(C)C[C@H](NC(=O)C1(C)CCCC1NC(=O)OCC1c2ccccc2-c2ccccc21)C(=O)O. The van der Waals surface area contributed by atoms with Crippen molar-refractivity contribution >= 4 is 18.0 Å². The molecule has 2 aliphatic carbocycles. The number of carbonyl (C=O) groups excluding carboxylic acids is 2. The van der Waals surface area contributed by atoms with E-state index in [2.05, 4.69) is 34.9 Å². The smallest absolute Gasteiger partial charge is 0.407 e. The van der Waals surface area contributed by atoms with Gasteiger partial charge in [-0.2, -0.15) is 0 Å². The van der Waals surface area contributed by atoms with Crippen LogP contribution in [0.15, 0.2) is 48.5 Å². The summed E-state index contributed by atoms with van der Waals surface area (Å²) in [6.45, 7) is 5.82. The summed E-state index contributed by atoms with van der Waals surface area (Å²) in [5.74, 6) is -1.30. The van der Waals surface area contributed by atoms with Gasteiger partial charge in [0.15, 0.2) is 0 Å². The number of aliphatic carboxylic acids is 1. The van der Waals surface area contributed by atoms with Gasteiger partial charge in [0.1, 0.15) is 12.6 Å². The minimum Gasteiger partial charge on any atom is -0.480 e. The highest BCUT2D eigenvalue weighted by molar-refractivity contribution is 5.88.